The molecule has 1 fully saturated rings. The van der Waals surface area contributed by atoms with E-state index in [1.165, 1.54) is 25.7 Å². The molecule has 1 aliphatic carbocycles. The van der Waals surface area contributed by atoms with Gasteiger partial charge in [0.05, 0.1) is 11.2 Å². The molecule has 1 aliphatic rings. The number of aryl methyl sites for hydroxylation is 1. The van der Waals surface area contributed by atoms with Gasteiger partial charge in [-0.05, 0) is 48.6 Å². The molecule has 0 unspecified atom stereocenters. The smallest absolute Gasteiger partial charge is 0.182 e. The van der Waals surface area contributed by atoms with Gasteiger partial charge in [0, 0.05) is 12.1 Å². The summed E-state index contributed by atoms with van der Waals surface area (Å²) in [6.07, 6.45) is 9.78. The molecule has 1 aromatic carbocycles. The minimum atomic E-state index is 0.166. The first-order valence-electron chi connectivity index (χ1n) is 10.6. The normalized spacial score (nSPS) is 15.5. The Morgan fingerprint density at radius 3 is 2.50 bits per heavy atom. The van der Waals surface area contributed by atoms with E-state index in [4.69, 9.17) is 4.74 Å². The van der Waals surface area contributed by atoms with Gasteiger partial charge in [-0.1, -0.05) is 62.9 Å². The van der Waals surface area contributed by atoms with Gasteiger partial charge in [-0.2, -0.15) is 0 Å². The maximum absolute atomic E-state index is 13.4. The van der Waals surface area contributed by atoms with Crippen molar-refractivity contribution in [3.05, 3.63) is 71.5 Å². The molecular weight excluding hydrogens is 346 g/mol. The van der Waals surface area contributed by atoms with Crippen LogP contribution in [0.4, 0.5) is 0 Å². The summed E-state index contributed by atoms with van der Waals surface area (Å²) in [5.74, 6) is 1.32. The molecule has 3 nitrogen and oxygen atoms in total. The number of nitrogens with zero attached hydrogens (tertiary/aromatic N) is 1. The predicted molar refractivity (Wildman–Crippen MR) is 113 cm³/mol. The van der Waals surface area contributed by atoms with Crippen LogP contribution in [0.25, 0.3) is 5.52 Å². The average molecular weight is 376 g/mol. The Balaban J connectivity index is 1.66. The Labute approximate surface area is 167 Å². The van der Waals surface area contributed by atoms with Crippen LogP contribution in [0.3, 0.4) is 0 Å². The Hall–Kier alpha value is -2.55. The topological polar surface area (TPSA) is 30.7 Å². The molecular formula is C25H29NO2. The maximum Gasteiger partial charge on any atom is 0.182 e. The van der Waals surface area contributed by atoms with Crippen LogP contribution in [0.1, 0.15) is 67.1 Å². The van der Waals surface area contributed by atoms with Crippen molar-refractivity contribution < 1.29 is 9.53 Å². The van der Waals surface area contributed by atoms with Crippen LogP contribution in [0.5, 0.6) is 5.75 Å². The van der Waals surface area contributed by atoms with Gasteiger partial charge in [0.2, 0.25) is 0 Å². The largest absolute Gasteiger partial charge is 0.487 e. The number of rotatable bonds is 6. The summed E-state index contributed by atoms with van der Waals surface area (Å²) in [7, 11) is 0. The Morgan fingerprint density at radius 1 is 1.04 bits per heavy atom. The minimum Gasteiger partial charge on any atom is -0.487 e. The van der Waals surface area contributed by atoms with Crippen LogP contribution in [-0.2, 0) is 13.0 Å². The van der Waals surface area contributed by atoms with Crippen LogP contribution in [-0.4, -0.2) is 10.2 Å². The van der Waals surface area contributed by atoms with Crippen molar-refractivity contribution in [1.29, 1.82) is 0 Å². The highest BCUT2D eigenvalue weighted by Crippen LogP contribution is 2.31. The number of benzene rings is 1. The molecule has 146 valence electrons. The van der Waals surface area contributed by atoms with Crippen molar-refractivity contribution in [2.45, 2.75) is 58.5 Å². The first-order valence-corrected chi connectivity index (χ1v) is 10.6. The standard InChI is InChI=1S/C25H29NO2/c1-2-20-17-22-23(28-18-19-11-6-5-7-12-19)15-10-16-26(22)24(20)25(27)21-13-8-3-4-9-14-21/h5-7,10-12,15-17,21H,2-4,8-9,13-14,18H2,1H3. The van der Waals surface area contributed by atoms with E-state index in [9.17, 15) is 4.79 Å². The van der Waals surface area contributed by atoms with Crippen LogP contribution >= 0.6 is 0 Å². The van der Waals surface area contributed by atoms with Crippen LogP contribution in [0, 0.1) is 5.92 Å². The third kappa shape index (κ3) is 3.84. The zero-order valence-corrected chi connectivity index (χ0v) is 16.7. The molecule has 0 aliphatic heterocycles. The summed E-state index contributed by atoms with van der Waals surface area (Å²) in [5, 5.41) is 0. The van der Waals surface area contributed by atoms with Crippen molar-refractivity contribution in [3.63, 3.8) is 0 Å². The van der Waals surface area contributed by atoms with Crippen molar-refractivity contribution in [2.24, 2.45) is 5.92 Å². The third-order valence-electron chi connectivity index (χ3n) is 5.93. The lowest BCUT2D eigenvalue weighted by molar-refractivity contribution is 0.0901. The van der Waals surface area contributed by atoms with Crippen LogP contribution in [0.2, 0.25) is 0 Å². The van der Waals surface area contributed by atoms with Crippen molar-refractivity contribution in [1.82, 2.24) is 4.40 Å². The molecule has 2 heterocycles. The van der Waals surface area contributed by atoms with E-state index < -0.39 is 0 Å². The van der Waals surface area contributed by atoms with E-state index in [-0.39, 0.29) is 5.92 Å². The van der Waals surface area contributed by atoms with Crippen molar-refractivity contribution in [2.75, 3.05) is 0 Å². The minimum absolute atomic E-state index is 0.166. The summed E-state index contributed by atoms with van der Waals surface area (Å²) in [4.78, 5) is 13.4. The second-order valence-corrected chi connectivity index (χ2v) is 7.83. The number of hydrogen-bond donors (Lipinski definition) is 0. The maximum atomic E-state index is 13.4. The highest BCUT2D eigenvalue weighted by Gasteiger charge is 2.26. The number of ketones is 1. The van der Waals surface area contributed by atoms with E-state index >= 15 is 0 Å². The average Bonchev–Trinajstić information content (AvgIpc) is 2.91. The lowest BCUT2D eigenvalue weighted by Gasteiger charge is -2.15. The van der Waals surface area contributed by atoms with E-state index in [1.807, 2.05) is 36.5 Å². The highest BCUT2D eigenvalue weighted by atomic mass is 16.5. The molecule has 0 atom stereocenters. The quantitative estimate of drug-likeness (QED) is 0.377. The molecule has 0 bridgehead atoms. The molecule has 3 heteroatoms. The summed E-state index contributed by atoms with van der Waals surface area (Å²) >= 11 is 0. The number of Topliss-reactive ketones (excluding diaryl/α,β-unsaturated/α-hetero) is 1. The predicted octanol–water partition coefficient (Wildman–Crippen LogP) is 6.23. The fourth-order valence-electron chi connectivity index (χ4n) is 4.36. The molecule has 0 saturated heterocycles. The second-order valence-electron chi connectivity index (χ2n) is 7.83. The zero-order valence-electron chi connectivity index (χ0n) is 16.7. The van der Waals surface area contributed by atoms with Gasteiger partial charge in [-0.25, -0.2) is 0 Å². The van der Waals surface area contributed by atoms with Gasteiger partial charge in [0.25, 0.3) is 0 Å². The van der Waals surface area contributed by atoms with E-state index in [0.717, 1.165) is 47.3 Å². The van der Waals surface area contributed by atoms with Crippen LogP contribution < -0.4 is 4.74 Å². The molecule has 0 N–H and O–H groups in total. The molecule has 0 radical (unpaired) electrons. The molecule has 28 heavy (non-hydrogen) atoms. The lowest BCUT2D eigenvalue weighted by atomic mass is 9.92. The summed E-state index contributed by atoms with van der Waals surface area (Å²) < 4.78 is 8.19. The summed E-state index contributed by atoms with van der Waals surface area (Å²) in [5.41, 5.74) is 4.13. The van der Waals surface area contributed by atoms with Gasteiger partial charge in [-0.15, -0.1) is 0 Å². The highest BCUT2D eigenvalue weighted by molar-refractivity contribution is 5.99. The number of fused-ring (bicyclic) bond motifs is 1. The van der Waals surface area contributed by atoms with Gasteiger partial charge in [0.15, 0.2) is 5.78 Å². The van der Waals surface area contributed by atoms with Crippen LogP contribution in [0.15, 0.2) is 54.7 Å². The van der Waals surface area contributed by atoms with Gasteiger partial charge in [-0.3, -0.25) is 4.79 Å². The SMILES string of the molecule is CCc1cc2c(OCc3ccccc3)cccn2c1C(=O)C1CCCCCC1. The number of carbonyl (C=O) groups excluding carboxylic acids is 1. The fourth-order valence-corrected chi connectivity index (χ4v) is 4.36. The molecule has 3 aromatic rings. The number of aromatic nitrogens is 1. The van der Waals surface area contributed by atoms with Crippen molar-refractivity contribution >= 4 is 11.3 Å². The third-order valence-corrected chi connectivity index (χ3v) is 5.93. The van der Waals surface area contributed by atoms with E-state index in [1.54, 1.807) is 0 Å². The summed E-state index contributed by atoms with van der Waals surface area (Å²) in [6, 6.07) is 16.3. The summed E-state index contributed by atoms with van der Waals surface area (Å²) in [6.45, 7) is 2.65. The van der Waals surface area contributed by atoms with Gasteiger partial charge in [0.1, 0.15) is 12.4 Å². The molecule has 0 amide bonds. The fraction of sp³-hybridized carbons (Fsp3) is 0.400. The lowest BCUT2D eigenvalue weighted by Crippen LogP contribution is -2.17. The number of ether oxygens (including phenoxy) is 1. The zero-order chi connectivity index (χ0) is 19.3. The first kappa shape index (κ1) is 18.8. The number of carbonyl (C=O) groups is 1. The molecule has 2 aromatic heterocycles. The molecule has 4 rings (SSSR count). The van der Waals surface area contributed by atoms with E-state index in [0.29, 0.717) is 12.4 Å². The number of hydrogen-bond acceptors (Lipinski definition) is 2. The number of pyridine rings is 1. The Bertz CT molecular complexity index is 934. The van der Waals surface area contributed by atoms with E-state index in [2.05, 4.69) is 29.5 Å². The van der Waals surface area contributed by atoms with Gasteiger partial charge < -0.3 is 9.14 Å². The Kier molecular flexibility index (Phi) is 5.80. The van der Waals surface area contributed by atoms with Crippen molar-refractivity contribution in [3.8, 4) is 5.75 Å². The molecule has 0 spiro atoms. The first-order chi connectivity index (χ1) is 13.8. The van der Waals surface area contributed by atoms with Gasteiger partial charge >= 0.3 is 0 Å². The monoisotopic (exact) mass is 375 g/mol. The Morgan fingerprint density at radius 2 is 1.79 bits per heavy atom. The molecule has 1 saturated carbocycles. The second kappa shape index (κ2) is 8.64.